The molecule has 138 valence electrons. The zero-order valence-electron chi connectivity index (χ0n) is 14.9. The number of methoxy groups -OCH3 is 1. The van der Waals surface area contributed by atoms with Crippen LogP contribution in [0, 0.1) is 0 Å². The minimum absolute atomic E-state index is 0.0337. The zero-order valence-corrected chi connectivity index (χ0v) is 14.9. The lowest BCUT2D eigenvalue weighted by molar-refractivity contribution is -0.140. The molecule has 0 spiro atoms. The van der Waals surface area contributed by atoms with Gasteiger partial charge in [0.05, 0.1) is 7.11 Å². The molecule has 0 radical (unpaired) electrons. The molecule has 25 heavy (non-hydrogen) atoms. The Morgan fingerprint density at radius 3 is 2.20 bits per heavy atom. The van der Waals surface area contributed by atoms with Crippen LogP contribution in [0.15, 0.2) is 30.3 Å². The molecule has 0 saturated carbocycles. The summed E-state index contributed by atoms with van der Waals surface area (Å²) in [5.74, 6) is -0.248. The van der Waals surface area contributed by atoms with Crippen molar-refractivity contribution in [2.24, 2.45) is 0 Å². The Hall–Kier alpha value is -2.37. The lowest BCUT2D eigenvalue weighted by Gasteiger charge is -2.06. The van der Waals surface area contributed by atoms with Gasteiger partial charge in [0.25, 0.3) is 5.91 Å². The number of benzene rings is 1. The van der Waals surface area contributed by atoms with Crippen LogP contribution >= 0.6 is 0 Å². The number of hydrogen-bond acceptors (Lipinski definition) is 4. The fourth-order valence-corrected chi connectivity index (χ4v) is 2.29. The van der Waals surface area contributed by atoms with E-state index in [4.69, 9.17) is 0 Å². The van der Waals surface area contributed by atoms with Crippen LogP contribution in [0.1, 0.15) is 55.3 Å². The highest BCUT2D eigenvalue weighted by atomic mass is 16.5. The summed E-state index contributed by atoms with van der Waals surface area (Å²) < 4.78 is 4.55. The van der Waals surface area contributed by atoms with Gasteiger partial charge in [-0.05, 0) is 37.8 Å². The van der Waals surface area contributed by atoms with Crippen LogP contribution in [0.5, 0.6) is 0 Å². The van der Waals surface area contributed by atoms with Crippen molar-refractivity contribution in [2.75, 3.05) is 20.2 Å². The molecule has 0 aromatic heterocycles. The van der Waals surface area contributed by atoms with Crippen molar-refractivity contribution in [3.8, 4) is 0 Å². The van der Waals surface area contributed by atoms with Crippen LogP contribution in [-0.4, -0.2) is 38.0 Å². The summed E-state index contributed by atoms with van der Waals surface area (Å²) in [6.45, 7) is 1.20. The number of esters is 1. The molecule has 0 aliphatic carbocycles. The molecular formula is C19H28N2O4. The lowest BCUT2D eigenvalue weighted by atomic mass is 10.1. The van der Waals surface area contributed by atoms with E-state index in [9.17, 15) is 14.4 Å². The first-order valence-corrected chi connectivity index (χ1v) is 8.80. The van der Waals surface area contributed by atoms with Crippen molar-refractivity contribution in [1.82, 2.24) is 10.6 Å². The predicted octanol–water partition coefficient (Wildman–Crippen LogP) is 2.44. The van der Waals surface area contributed by atoms with Gasteiger partial charge in [0.1, 0.15) is 0 Å². The minimum atomic E-state index is -0.217. The molecule has 0 atom stereocenters. The van der Waals surface area contributed by atoms with Crippen molar-refractivity contribution in [2.45, 2.75) is 44.9 Å². The van der Waals surface area contributed by atoms with E-state index in [1.165, 1.54) is 7.11 Å². The molecule has 0 unspecified atom stereocenters. The Morgan fingerprint density at radius 1 is 0.840 bits per heavy atom. The summed E-state index contributed by atoms with van der Waals surface area (Å²) in [4.78, 5) is 34.4. The average Bonchev–Trinajstić information content (AvgIpc) is 2.64. The Labute approximate surface area is 149 Å². The number of nitrogens with one attached hydrogen (secondary N) is 2. The van der Waals surface area contributed by atoms with E-state index in [0.29, 0.717) is 37.9 Å². The van der Waals surface area contributed by atoms with Gasteiger partial charge in [-0.3, -0.25) is 14.4 Å². The van der Waals surface area contributed by atoms with Crippen molar-refractivity contribution in [3.63, 3.8) is 0 Å². The molecule has 1 aromatic rings. The Morgan fingerprint density at radius 2 is 1.48 bits per heavy atom. The van der Waals surface area contributed by atoms with Gasteiger partial charge in [-0.2, -0.15) is 0 Å². The van der Waals surface area contributed by atoms with Gasteiger partial charge in [-0.15, -0.1) is 0 Å². The number of unbranched alkanes of at least 4 members (excludes halogenated alkanes) is 3. The topological polar surface area (TPSA) is 84.5 Å². The molecule has 2 amide bonds. The molecule has 1 aromatic carbocycles. The molecular weight excluding hydrogens is 320 g/mol. The van der Waals surface area contributed by atoms with Crippen molar-refractivity contribution in [1.29, 1.82) is 0 Å². The SMILES string of the molecule is COC(=O)CCCCNC(=O)CCCCCNC(=O)c1ccccc1. The summed E-state index contributed by atoms with van der Waals surface area (Å²) in [6, 6.07) is 9.11. The second kappa shape index (κ2) is 13.0. The van der Waals surface area contributed by atoms with Gasteiger partial charge in [0.2, 0.25) is 5.91 Å². The molecule has 6 heteroatoms. The molecule has 0 fully saturated rings. The zero-order chi connectivity index (χ0) is 18.3. The number of rotatable bonds is 12. The summed E-state index contributed by atoms with van der Waals surface area (Å²) in [5.41, 5.74) is 0.661. The predicted molar refractivity (Wildman–Crippen MR) is 96.1 cm³/mol. The van der Waals surface area contributed by atoms with Crippen LogP contribution in [0.3, 0.4) is 0 Å². The first-order chi connectivity index (χ1) is 12.1. The third kappa shape index (κ3) is 10.2. The van der Waals surface area contributed by atoms with Crippen LogP contribution < -0.4 is 10.6 Å². The van der Waals surface area contributed by atoms with Gasteiger partial charge in [0.15, 0.2) is 0 Å². The number of carbonyl (C=O) groups excluding carboxylic acids is 3. The smallest absolute Gasteiger partial charge is 0.305 e. The number of ether oxygens (including phenoxy) is 1. The highest BCUT2D eigenvalue weighted by molar-refractivity contribution is 5.94. The van der Waals surface area contributed by atoms with Gasteiger partial charge >= 0.3 is 5.97 Å². The van der Waals surface area contributed by atoms with Crippen LogP contribution in [0.2, 0.25) is 0 Å². The quantitative estimate of drug-likeness (QED) is 0.449. The van der Waals surface area contributed by atoms with Crippen molar-refractivity contribution >= 4 is 17.8 Å². The van der Waals surface area contributed by atoms with E-state index < -0.39 is 0 Å². The third-order valence-electron chi connectivity index (χ3n) is 3.76. The average molecular weight is 348 g/mol. The van der Waals surface area contributed by atoms with Gasteiger partial charge in [-0.25, -0.2) is 0 Å². The van der Waals surface area contributed by atoms with Crippen molar-refractivity contribution < 1.29 is 19.1 Å². The van der Waals surface area contributed by atoms with E-state index in [2.05, 4.69) is 15.4 Å². The van der Waals surface area contributed by atoms with Crippen LogP contribution in [0.4, 0.5) is 0 Å². The molecule has 0 aliphatic rings. The maximum absolute atomic E-state index is 11.8. The third-order valence-corrected chi connectivity index (χ3v) is 3.76. The van der Waals surface area contributed by atoms with Gasteiger partial charge in [0, 0.05) is 31.5 Å². The largest absolute Gasteiger partial charge is 0.469 e. The van der Waals surface area contributed by atoms with E-state index in [1.54, 1.807) is 12.1 Å². The second-order valence-electron chi connectivity index (χ2n) is 5.82. The second-order valence-corrected chi connectivity index (χ2v) is 5.82. The Bertz CT molecular complexity index is 531. The van der Waals surface area contributed by atoms with E-state index in [-0.39, 0.29) is 17.8 Å². The van der Waals surface area contributed by atoms with Crippen LogP contribution in [0.25, 0.3) is 0 Å². The number of hydrogen-bond donors (Lipinski definition) is 2. The molecule has 6 nitrogen and oxygen atoms in total. The summed E-state index contributed by atoms with van der Waals surface area (Å²) in [5, 5.41) is 5.72. The molecule has 1 rings (SSSR count). The summed E-state index contributed by atoms with van der Waals surface area (Å²) in [7, 11) is 1.37. The maximum atomic E-state index is 11.8. The van der Waals surface area contributed by atoms with Crippen LogP contribution in [-0.2, 0) is 14.3 Å². The maximum Gasteiger partial charge on any atom is 0.305 e. The number of carbonyl (C=O) groups is 3. The molecule has 0 aliphatic heterocycles. The first kappa shape index (κ1) is 20.7. The molecule has 0 heterocycles. The molecule has 0 bridgehead atoms. The van der Waals surface area contributed by atoms with E-state index in [1.807, 2.05) is 18.2 Å². The Kier molecular flexibility index (Phi) is 10.7. The van der Waals surface area contributed by atoms with Gasteiger partial charge in [-0.1, -0.05) is 24.6 Å². The highest BCUT2D eigenvalue weighted by Crippen LogP contribution is 2.01. The highest BCUT2D eigenvalue weighted by Gasteiger charge is 2.04. The first-order valence-electron chi connectivity index (χ1n) is 8.80. The number of amides is 2. The fraction of sp³-hybridized carbons (Fsp3) is 0.526. The standard InChI is InChI=1S/C19H28N2O4/c1-25-18(23)13-7-9-14-20-17(22)12-6-3-8-15-21-19(24)16-10-4-2-5-11-16/h2,4-5,10-11H,3,6-9,12-15H2,1H3,(H,20,22)(H,21,24). The van der Waals surface area contributed by atoms with Crippen molar-refractivity contribution in [3.05, 3.63) is 35.9 Å². The van der Waals surface area contributed by atoms with Gasteiger partial charge < -0.3 is 15.4 Å². The molecule has 0 saturated heterocycles. The van der Waals surface area contributed by atoms with E-state index >= 15 is 0 Å². The molecule has 2 N–H and O–H groups in total. The summed E-state index contributed by atoms with van der Waals surface area (Å²) >= 11 is 0. The monoisotopic (exact) mass is 348 g/mol. The minimum Gasteiger partial charge on any atom is -0.469 e. The van der Waals surface area contributed by atoms with E-state index in [0.717, 1.165) is 25.7 Å². The normalized spacial score (nSPS) is 10.1. The lowest BCUT2D eigenvalue weighted by Crippen LogP contribution is -2.25. The fourth-order valence-electron chi connectivity index (χ4n) is 2.29. The Balaban J connectivity index is 1.94. The summed E-state index contributed by atoms with van der Waals surface area (Å²) in [6.07, 6.45) is 4.91.